The van der Waals surface area contributed by atoms with Crippen LogP contribution in [-0.2, 0) is 14.8 Å². The third kappa shape index (κ3) is 3.47. The van der Waals surface area contributed by atoms with Crippen LogP contribution in [0.15, 0.2) is 24.3 Å². The van der Waals surface area contributed by atoms with E-state index >= 15 is 0 Å². The first-order valence-electron chi connectivity index (χ1n) is 6.43. The SMILES string of the molecule is CCCS(=O)(=O)Nc1cccc(N2CCCC2=O)c1. The minimum absolute atomic E-state index is 0.0913. The highest BCUT2D eigenvalue weighted by molar-refractivity contribution is 7.92. The molecule has 1 N–H and O–H groups in total. The van der Waals surface area contributed by atoms with Crippen molar-refractivity contribution in [3.63, 3.8) is 0 Å². The van der Waals surface area contributed by atoms with E-state index in [1.54, 1.807) is 23.1 Å². The van der Waals surface area contributed by atoms with Gasteiger partial charge in [0.2, 0.25) is 15.9 Å². The molecule has 1 fully saturated rings. The molecule has 19 heavy (non-hydrogen) atoms. The number of nitrogens with one attached hydrogen (secondary N) is 1. The fourth-order valence-corrected chi connectivity index (χ4v) is 3.28. The summed E-state index contributed by atoms with van der Waals surface area (Å²) >= 11 is 0. The van der Waals surface area contributed by atoms with Crippen molar-refractivity contribution in [2.75, 3.05) is 21.9 Å². The lowest BCUT2D eigenvalue weighted by Gasteiger charge is -2.17. The van der Waals surface area contributed by atoms with Gasteiger partial charge in [-0.3, -0.25) is 9.52 Å². The highest BCUT2D eigenvalue weighted by Gasteiger charge is 2.22. The van der Waals surface area contributed by atoms with E-state index in [0.717, 1.165) is 12.1 Å². The summed E-state index contributed by atoms with van der Waals surface area (Å²) in [6, 6.07) is 6.97. The average Bonchev–Trinajstić information content (AvgIpc) is 2.75. The van der Waals surface area contributed by atoms with Crippen molar-refractivity contribution < 1.29 is 13.2 Å². The highest BCUT2D eigenvalue weighted by atomic mass is 32.2. The topological polar surface area (TPSA) is 66.5 Å². The van der Waals surface area contributed by atoms with Gasteiger partial charge < -0.3 is 4.90 Å². The van der Waals surface area contributed by atoms with Crippen LogP contribution in [0.3, 0.4) is 0 Å². The summed E-state index contributed by atoms with van der Waals surface area (Å²) in [5.74, 6) is 0.188. The average molecular weight is 282 g/mol. The lowest BCUT2D eigenvalue weighted by Crippen LogP contribution is -2.24. The Morgan fingerprint density at radius 3 is 2.79 bits per heavy atom. The van der Waals surface area contributed by atoms with Gasteiger partial charge in [0.1, 0.15) is 0 Å². The first-order chi connectivity index (χ1) is 9.02. The lowest BCUT2D eigenvalue weighted by atomic mass is 10.2. The molecule has 0 saturated carbocycles. The van der Waals surface area contributed by atoms with Crippen LogP contribution in [0.2, 0.25) is 0 Å². The summed E-state index contributed by atoms with van der Waals surface area (Å²) in [6.07, 6.45) is 1.98. The molecule has 1 aromatic carbocycles. The Kier molecular flexibility index (Phi) is 4.09. The second-order valence-corrected chi connectivity index (χ2v) is 6.46. The van der Waals surface area contributed by atoms with Gasteiger partial charge in [-0.25, -0.2) is 8.42 Å². The summed E-state index contributed by atoms with van der Waals surface area (Å²) in [5.41, 5.74) is 1.25. The Bertz CT molecular complexity index is 569. The molecule has 0 aromatic heterocycles. The van der Waals surface area contributed by atoms with Gasteiger partial charge in [0.05, 0.1) is 11.4 Å². The van der Waals surface area contributed by atoms with Crippen LogP contribution in [0.4, 0.5) is 11.4 Å². The van der Waals surface area contributed by atoms with Gasteiger partial charge in [-0.1, -0.05) is 13.0 Å². The molecule has 1 amide bonds. The molecular weight excluding hydrogens is 264 g/mol. The number of hydrogen-bond acceptors (Lipinski definition) is 3. The number of sulfonamides is 1. The molecule has 1 saturated heterocycles. The van der Waals surface area contributed by atoms with Gasteiger partial charge in [-0.2, -0.15) is 0 Å². The van der Waals surface area contributed by atoms with E-state index in [-0.39, 0.29) is 11.7 Å². The van der Waals surface area contributed by atoms with Crippen LogP contribution in [-0.4, -0.2) is 26.6 Å². The molecule has 0 bridgehead atoms. The number of benzene rings is 1. The van der Waals surface area contributed by atoms with Crippen molar-refractivity contribution in [1.29, 1.82) is 0 Å². The number of anilines is 2. The first-order valence-corrected chi connectivity index (χ1v) is 8.08. The van der Waals surface area contributed by atoms with Gasteiger partial charge in [0.15, 0.2) is 0 Å². The smallest absolute Gasteiger partial charge is 0.232 e. The molecule has 1 aliphatic rings. The zero-order valence-corrected chi connectivity index (χ0v) is 11.7. The number of rotatable bonds is 5. The van der Waals surface area contributed by atoms with Gasteiger partial charge in [-0.15, -0.1) is 0 Å². The van der Waals surface area contributed by atoms with Crippen LogP contribution < -0.4 is 9.62 Å². The van der Waals surface area contributed by atoms with Crippen LogP contribution in [0, 0.1) is 0 Å². The Labute approximate surface area is 113 Å². The van der Waals surface area contributed by atoms with Gasteiger partial charge in [0, 0.05) is 18.7 Å². The largest absolute Gasteiger partial charge is 0.312 e. The predicted molar refractivity (Wildman–Crippen MR) is 75.7 cm³/mol. The predicted octanol–water partition coefficient (Wildman–Crippen LogP) is 1.97. The van der Waals surface area contributed by atoms with Gasteiger partial charge >= 0.3 is 0 Å². The monoisotopic (exact) mass is 282 g/mol. The lowest BCUT2D eigenvalue weighted by molar-refractivity contribution is -0.117. The molecular formula is C13H18N2O3S. The van der Waals surface area contributed by atoms with E-state index in [4.69, 9.17) is 0 Å². The summed E-state index contributed by atoms with van der Waals surface area (Å²) < 4.78 is 25.9. The summed E-state index contributed by atoms with van der Waals surface area (Å²) in [4.78, 5) is 13.4. The third-order valence-electron chi connectivity index (χ3n) is 2.98. The maximum atomic E-state index is 11.7. The maximum Gasteiger partial charge on any atom is 0.232 e. The van der Waals surface area contributed by atoms with Crippen molar-refractivity contribution in [3.05, 3.63) is 24.3 Å². The first kappa shape index (κ1) is 13.9. The van der Waals surface area contributed by atoms with Crippen molar-refractivity contribution in [3.8, 4) is 0 Å². The quantitative estimate of drug-likeness (QED) is 0.897. The highest BCUT2D eigenvalue weighted by Crippen LogP contribution is 2.24. The molecule has 2 rings (SSSR count). The van der Waals surface area contributed by atoms with Crippen molar-refractivity contribution >= 4 is 27.3 Å². The second kappa shape index (κ2) is 5.61. The van der Waals surface area contributed by atoms with E-state index in [1.807, 2.05) is 13.0 Å². The van der Waals surface area contributed by atoms with Crippen LogP contribution in [0.5, 0.6) is 0 Å². The number of carbonyl (C=O) groups is 1. The summed E-state index contributed by atoms with van der Waals surface area (Å²) in [5, 5.41) is 0. The minimum Gasteiger partial charge on any atom is -0.312 e. The van der Waals surface area contributed by atoms with Crippen LogP contribution in [0.25, 0.3) is 0 Å². The number of hydrogen-bond donors (Lipinski definition) is 1. The molecule has 0 radical (unpaired) electrons. The fourth-order valence-electron chi connectivity index (χ4n) is 2.16. The zero-order valence-electron chi connectivity index (χ0n) is 10.9. The van der Waals surface area contributed by atoms with Gasteiger partial charge in [-0.05, 0) is 31.0 Å². The van der Waals surface area contributed by atoms with Crippen molar-refractivity contribution in [1.82, 2.24) is 0 Å². The third-order valence-corrected chi connectivity index (χ3v) is 4.47. The molecule has 5 nitrogen and oxygen atoms in total. The Morgan fingerprint density at radius 1 is 1.37 bits per heavy atom. The van der Waals surface area contributed by atoms with E-state index in [9.17, 15) is 13.2 Å². The van der Waals surface area contributed by atoms with E-state index in [1.165, 1.54) is 0 Å². The molecule has 6 heteroatoms. The van der Waals surface area contributed by atoms with Gasteiger partial charge in [0.25, 0.3) is 0 Å². The molecule has 1 heterocycles. The molecule has 0 atom stereocenters. The summed E-state index contributed by atoms with van der Waals surface area (Å²) in [6.45, 7) is 2.52. The number of amides is 1. The van der Waals surface area contributed by atoms with E-state index in [0.29, 0.717) is 25.1 Å². The Hall–Kier alpha value is -1.56. The number of nitrogens with zero attached hydrogens (tertiary/aromatic N) is 1. The molecule has 1 aliphatic heterocycles. The normalized spacial score (nSPS) is 15.8. The number of carbonyl (C=O) groups excluding carboxylic acids is 1. The molecule has 0 unspecified atom stereocenters. The fraction of sp³-hybridized carbons (Fsp3) is 0.462. The summed E-state index contributed by atoms with van der Waals surface area (Å²) in [7, 11) is -3.29. The van der Waals surface area contributed by atoms with Crippen molar-refractivity contribution in [2.24, 2.45) is 0 Å². The molecule has 0 aliphatic carbocycles. The van der Waals surface area contributed by atoms with Crippen LogP contribution in [0.1, 0.15) is 26.2 Å². The van der Waals surface area contributed by atoms with Crippen LogP contribution >= 0.6 is 0 Å². The second-order valence-electron chi connectivity index (χ2n) is 4.62. The maximum absolute atomic E-state index is 11.7. The molecule has 1 aromatic rings. The standard InChI is InChI=1S/C13H18N2O3S/c1-2-9-19(17,18)14-11-5-3-6-12(10-11)15-8-4-7-13(15)16/h3,5-6,10,14H,2,4,7-9H2,1H3. The van der Waals surface area contributed by atoms with E-state index < -0.39 is 10.0 Å². The van der Waals surface area contributed by atoms with Crippen molar-refractivity contribution in [2.45, 2.75) is 26.2 Å². The molecule has 104 valence electrons. The molecule has 0 spiro atoms. The Morgan fingerprint density at radius 2 is 2.16 bits per heavy atom. The minimum atomic E-state index is -3.29. The Balaban J connectivity index is 2.18. The zero-order chi connectivity index (χ0) is 13.9. The van der Waals surface area contributed by atoms with E-state index in [2.05, 4.69) is 4.72 Å².